The number of ether oxygens (including phenoxy) is 1. The number of urea groups is 1. The van der Waals surface area contributed by atoms with Crippen LogP contribution in [0.15, 0.2) is 0 Å². The number of hydroxylamine groups is 2. The first-order valence-electron chi connectivity index (χ1n) is 11.9. The van der Waals surface area contributed by atoms with Gasteiger partial charge in [0.05, 0.1) is 6.04 Å². The van der Waals surface area contributed by atoms with Crippen molar-refractivity contribution < 1.29 is 29.1 Å². The number of carbonyl (C=O) groups excluding carboxylic acids is 4. The second-order valence-electron chi connectivity index (χ2n) is 10.8. The van der Waals surface area contributed by atoms with E-state index in [1.807, 2.05) is 0 Å². The summed E-state index contributed by atoms with van der Waals surface area (Å²) in [6.07, 6.45) is 5.20. The Morgan fingerprint density at radius 1 is 1.00 bits per heavy atom. The van der Waals surface area contributed by atoms with Crippen molar-refractivity contribution in [2.24, 2.45) is 11.8 Å². The summed E-state index contributed by atoms with van der Waals surface area (Å²) in [4.78, 5) is 53.5. The Hall–Kier alpha value is -2.56. The summed E-state index contributed by atoms with van der Waals surface area (Å²) in [6.45, 7) is 6.04. The van der Waals surface area contributed by atoms with Gasteiger partial charge in [0.15, 0.2) is 0 Å². The molecule has 0 spiro atoms. The lowest BCUT2D eigenvalue weighted by atomic mass is 9.86. The number of hydrogen-bond donors (Lipinski definition) is 3. The number of fused-ring (bicyclic) bond motifs is 2. The van der Waals surface area contributed by atoms with E-state index < -0.39 is 41.6 Å². The third-order valence-corrected chi connectivity index (χ3v) is 6.96. The normalized spacial score (nSPS) is 29.7. The van der Waals surface area contributed by atoms with Gasteiger partial charge in [-0.1, -0.05) is 12.8 Å². The molecule has 4 atom stereocenters. The predicted molar refractivity (Wildman–Crippen MR) is 116 cm³/mol. The van der Waals surface area contributed by atoms with E-state index in [0.717, 1.165) is 12.8 Å². The van der Waals surface area contributed by atoms with Crippen LogP contribution < -0.4 is 10.9 Å². The minimum Gasteiger partial charge on any atom is -0.444 e. The molecule has 2 bridgehead atoms. The van der Waals surface area contributed by atoms with Crippen molar-refractivity contribution in [1.82, 2.24) is 25.7 Å². The molecule has 3 saturated heterocycles. The predicted octanol–water partition coefficient (Wildman–Crippen LogP) is 1.61. The zero-order valence-electron chi connectivity index (χ0n) is 19.6. The molecule has 1 saturated carbocycles. The summed E-state index contributed by atoms with van der Waals surface area (Å²) in [7, 11) is 0. The first-order valence-corrected chi connectivity index (χ1v) is 11.9. The summed E-state index contributed by atoms with van der Waals surface area (Å²) >= 11 is 0. The fourth-order valence-electron chi connectivity index (χ4n) is 5.08. The number of nitrogens with one attached hydrogen (secondary N) is 2. The van der Waals surface area contributed by atoms with Crippen LogP contribution in [0.1, 0.15) is 65.7 Å². The van der Waals surface area contributed by atoms with Gasteiger partial charge >= 0.3 is 12.1 Å². The van der Waals surface area contributed by atoms with E-state index in [0.29, 0.717) is 42.7 Å². The van der Waals surface area contributed by atoms with Crippen molar-refractivity contribution >= 4 is 23.9 Å². The van der Waals surface area contributed by atoms with Crippen molar-refractivity contribution in [2.45, 2.75) is 89.4 Å². The average molecular weight is 466 g/mol. The van der Waals surface area contributed by atoms with Crippen molar-refractivity contribution in [3.63, 3.8) is 0 Å². The van der Waals surface area contributed by atoms with E-state index in [1.165, 1.54) is 22.6 Å². The number of rotatable bonds is 4. The van der Waals surface area contributed by atoms with Gasteiger partial charge in [0.25, 0.3) is 11.8 Å². The summed E-state index contributed by atoms with van der Waals surface area (Å²) in [5.41, 5.74) is 4.22. The number of hydrazine groups is 1. The van der Waals surface area contributed by atoms with Gasteiger partial charge in [-0.3, -0.25) is 30.5 Å². The molecule has 4 fully saturated rings. The van der Waals surface area contributed by atoms with Gasteiger partial charge in [0.2, 0.25) is 0 Å². The topological polar surface area (TPSA) is 132 Å². The molecule has 3 N–H and O–H groups in total. The fraction of sp³-hybridized carbons (Fsp3) is 0.818. The maximum atomic E-state index is 13.1. The summed E-state index contributed by atoms with van der Waals surface area (Å²) in [5, 5.41) is 10.5. The van der Waals surface area contributed by atoms with E-state index >= 15 is 0 Å². The molecule has 184 valence electrons. The highest BCUT2D eigenvalue weighted by Gasteiger charge is 2.47. The molecular weight excluding hydrogens is 430 g/mol. The number of amides is 5. The van der Waals surface area contributed by atoms with Crippen molar-refractivity contribution in [1.29, 1.82) is 0 Å². The van der Waals surface area contributed by atoms with Crippen molar-refractivity contribution in [3.8, 4) is 0 Å². The molecule has 33 heavy (non-hydrogen) atoms. The SMILES string of the molecule is CC(C)(C)OC(=O)N1CC[C@@H](CC2CC2)C[C@H]1C(=O)NNC(=O)[C@@H]1CC[C@@H]2CN1C(=O)N2O. The van der Waals surface area contributed by atoms with Crippen LogP contribution in [0.25, 0.3) is 0 Å². The fourth-order valence-corrected chi connectivity index (χ4v) is 5.08. The maximum absolute atomic E-state index is 13.1. The van der Waals surface area contributed by atoms with Gasteiger partial charge in [-0.15, -0.1) is 0 Å². The van der Waals surface area contributed by atoms with Crippen LogP contribution in [0.5, 0.6) is 0 Å². The second kappa shape index (κ2) is 9.00. The molecule has 0 unspecified atom stereocenters. The molecule has 4 rings (SSSR count). The van der Waals surface area contributed by atoms with Gasteiger partial charge in [0.1, 0.15) is 17.7 Å². The third kappa shape index (κ3) is 5.34. The number of carbonyl (C=O) groups is 4. The lowest BCUT2D eigenvalue weighted by molar-refractivity contribution is -0.135. The zero-order chi connectivity index (χ0) is 23.9. The van der Waals surface area contributed by atoms with E-state index in [1.54, 1.807) is 20.8 Å². The van der Waals surface area contributed by atoms with Crippen LogP contribution in [-0.2, 0) is 14.3 Å². The Kier molecular flexibility index (Phi) is 6.43. The Morgan fingerprint density at radius 2 is 1.67 bits per heavy atom. The van der Waals surface area contributed by atoms with Gasteiger partial charge in [0, 0.05) is 13.1 Å². The van der Waals surface area contributed by atoms with Gasteiger partial charge in [-0.25, -0.2) is 14.7 Å². The number of hydrogen-bond acceptors (Lipinski definition) is 6. The van der Waals surface area contributed by atoms with Gasteiger partial charge < -0.3 is 9.64 Å². The molecule has 0 aromatic rings. The lowest BCUT2D eigenvalue weighted by Crippen LogP contribution is -2.59. The van der Waals surface area contributed by atoms with Crippen molar-refractivity contribution in [2.75, 3.05) is 13.1 Å². The van der Waals surface area contributed by atoms with Crippen molar-refractivity contribution in [3.05, 3.63) is 0 Å². The monoisotopic (exact) mass is 465 g/mol. The second-order valence-corrected chi connectivity index (χ2v) is 10.8. The standard InChI is InChI=1S/C22H35N5O6/c1-22(2,3)33-21(31)25-9-8-14(10-13-4-5-13)11-17(25)19(29)24-23-18(28)16-7-6-15-12-26(16)20(30)27(15)32/h13-17,32H,4-12H2,1-3H3,(H,23,28)(H,24,29)/t14-,15+,16-,17-/m0/s1. The Morgan fingerprint density at radius 3 is 2.30 bits per heavy atom. The molecule has 3 heterocycles. The minimum atomic E-state index is -0.762. The molecule has 0 radical (unpaired) electrons. The molecular formula is C22H35N5O6. The van der Waals surface area contributed by atoms with E-state index in [2.05, 4.69) is 10.9 Å². The summed E-state index contributed by atoms with van der Waals surface area (Å²) < 4.78 is 5.51. The zero-order valence-corrected chi connectivity index (χ0v) is 19.6. The smallest absolute Gasteiger partial charge is 0.410 e. The van der Waals surface area contributed by atoms with Crippen LogP contribution in [0.3, 0.4) is 0 Å². The van der Waals surface area contributed by atoms with Crippen LogP contribution in [0.4, 0.5) is 9.59 Å². The van der Waals surface area contributed by atoms with Crippen LogP contribution in [-0.4, -0.2) is 80.8 Å². The summed E-state index contributed by atoms with van der Waals surface area (Å²) in [5.74, 6) is 0.0703. The maximum Gasteiger partial charge on any atom is 0.410 e. The quantitative estimate of drug-likeness (QED) is 0.427. The van der Waals surface area contributed by atoms with Crippen LogP contribution in [0.2, 0.25) is 0 Å². The largest absolute Gasteiger partial charge is 0.444 e. The number of nitrogens with zero attached hydrogens (tertiary/aromatic N) is 3. The Balaban J connectivity index is 1.37. The van der Waals surface area contributed by atoms with Crippen LogP contribution >= 0.6 is 0 Å². The van der Waals surface area contributed by atoms with E-state index in [9.17, 15) is 24.4 Å². The highest BCUT2D eigenvalue weighted by molar-refractivity contribution is 5.91. The highest BCUT2D eigenvalue weighted by Crippen LogP contribution is 2.39. The molecule has 11 heteroatoms. The molecule has 4 aliphatic rings. The van der Waals surface area contributed by atoms with E-state index in [-0.39, 0.29) is 12.6 Å². The number of piperidine rings is 2. The number of likely N-dealkylation sites (tertiary alicyclic amines) is 1. The Labute approximate surface area is 193 Å². The highest BCUT2D eigenvalue weighted by atomic mass is 16.6. The molecule has 11 nitrogen and oxygen atoms in total. The van der Waals surface area contributed by atoms with Gasteiger partial charge in [-0.2, -0.15) is 0 Å². The molecule has 5 amide bonds. The molecule has 1 aliphatic carbocycles. The minimum absolute atomic E-state index is 0.277. The molecule has 0 aromatic carbocycles. The first-order chi connectivity index (χ1) is 15.5. The lowest BCUT2D eigenvalue weighted by Gasteiger charge is -2.39. The Bertz CT molecular complexity index is 810. The molecule has 3 aliphatic heterocycles. The van der Waals surface area contributed by atoms with Gasteiger partial charge in [-0.05, 0) is 64.7 Å². The third-order valence-electron chi connectivity index (χ3n) is 6.96. The summed E-state index contributed by atoms with van der Waals surface area (Å²) in [6, 6.07) is -2.41. The average Bonchev–Trinajstić information content (AvgIpc) is 3.55. The molecule has 0 aromatic heterocycles. The van der Waals surface area contributed by atoms with Crippen LogP contribution in [0, 0.1) is 11.8 Å². The first kappa shape index (κ1) is 23.6. The van der Waals surface area contributed by atoms with E-state index in [4.69, 9.17) is 4.74 Å².